The number of anilines is 1. The summed E-state index contributed by atoms with van der Waals surface area (Å²) in [6.45, 7) is 3.65. The third-order valence-corrected chi connectivity index (χ3v) is 6.14. The number of nitrogens with one attached hydrogen (secondary N) is 1. The fourth-order valence-corrected chi connectivity index (χ4v) is 4.55. The molecule has 7 nitrogen and oxygen atoms in total. The number of carbonyl (C=O) groups is 3. The summed E-state index contributed by atoms with van der Waals surface area (Å²) >= 11 is 6.09. The average molecular weight is 474 g/mol. The third-order valence-electron chi connectivity index (χ3n) is 5.92. The second-order valence-electron chi connectivity index (χ2n) is 8.50. The maximum atomic E-state index is 13.1. The van der Waals surface area contributed by atoms with Crippen LogP contribution in [0.15, 0.2) is 42.5 Å². The number of ether oxygens (including phenoxy) is 2. The molecule has 0 radical (unpaired) electrons. The molecule has 1 saturated heterocycles. The van der Waals surface area contributed by atoms with E-state index in [0.717, 1.165) is 37.9 Å². The van der Waals surface area contributed by atoms with Crippen LogP contribution in [-0.4, -0.2) is 55.6 Å². The van der Waals surface area contributed by atoms with E-state index < -0.39 is 5.97 Å². The number of rotatable bonds is 8. The average Bonchev–Trinajstić information content (AvgIpc) is 2.80. The quantitative estimate of drug-likeness (QED) is 0.460. The molecule has 2 aromatic carbocycles. The minimum atomic E-state index is -0.581. The summed E-state index contributed by atoms with van der Waals surface area (Å²) in [6, 6.07) is 12.7. The number of hydrogen-bond donors (Lipinski definition) is 1. The zero-order chi connectivity index (χ0) is 23.8. The number of hydrogen-bond acceptors (Lipinski definition) is 5. The zero-order valence-electron chi connectivity index (χ0n) is 19.1. The number of amides is 1. The van der Waals surface area contributed by atoms with Crippen molar-refractivity contribution in [1.82, 2.24) is 0 Å². The zero-order valence-corrected chi connectivity index (χ0v) is 19.8. The van der Waals surface area contributed by atoms with Gasteiger partial charge in [0.05, 0.1) is 31.5 Å². The van der Waals surface area contributed by atoms with E-state index in [-0.39, 0.29) is 37.1 Å². The number of halogens is 1. The van der Waals surface area contributed by atoms with Gasteiger partial charge in [-0.3, -0.25) is 4.79 Å². The number of quaternary nitrogens is 1. The van der Waals surface area contributed by atoms with Gasteiger partial charge in [-0.1, -0.05) is 41.9 Å². The van der Waals surface area contributed by atoms with Crippen LogP contribution < -0.4 is 5.32 Å². The first-order valence-corrected chi connectivity index (χ1v) is 11.4. The maximum absolute atomic E-state index is 13.1. The van der Waals surface area contributed by atoms with Gasteiger partial charge in [0.15, 0.2) is 13.1 Å². The molecule has 0 bridgehead atoms. The van der Waals surface area contributed by atoms with Gasteiger partial charge >= 0.3 is 11.9 Å². The fraction of sp³-hybridized carbons (Fsp3) is 0.400. The Balaban J connectivity index is 1.71. The number of nitrogens with zero attached hydrogens (tertiary/aromatic N) is 1. The molecule has 8 heteroatoms. The van der Waals surface area contributed by atoms with E-state index in [1.54, 1.807) is 13.0 Å². The van der Waals surface area contributed by atoms with Crippen molar-refractivity contribution in [3.8, 4) is 0 Å². The molecule has 2 aromatic rings. The van der Waals surface area contributed by atoms with Gasteiger partial charge in [0, 0.05) is 5.02 Å². The maximum Gasteiger partial charge on any atom is 0.362 e. The van der Waals surface area contributed by atoms with Gasteiger partial charge in [-0.15, -0.1) is 0 Å². The van der Waals surface area contributed by atoms with Gasteiger partial charge < -0.3 is 19.3 Å². The van der Waals surface area contributed by atoms with E-state index in [1.165, 1.54) is 13.2 Å². The molecule has 1 aliphatic heterocycles. The highest BCUT2D eigenvalue weighted by Crippen LogP contribution is 2.27. The number of esters is 2. The first-order valence-electron chi connectivity index (χ1n) is 11.0. The van der Waals surface area contributed by atoms with E-state index in [4.69, 9.17) is 21.1 Å². The van der Waals surface area contributed by atoms with Gasteiger partial charge in [0.25, 0.3) is 5.91 Å². The topological polar surface area (TPSA) is 81.7 Å². The van der Waals surface area contributed by atoms with Crippen molar-refractivity contribution in [3.05, 3.63) is 64.2 Å². The molecule has 1 fully saturated rings. The lowest BCUT2D eigenvalue weighted by molar-refractivity contribution is -0.918. The molecular formula is C25H30ClN2O5+. The van der Waals surface area contributed by atoms with E-state index in [0.29, 0.717) is 20.8 Å². The second-order valence-corrected chi connectivity index (χ2v) is 8.93. The van der Waals surface area contributed by atoms with Crippen molar-refractivity contribution in [3.63, 3.8) is 0 Å². The minimum absolute atomic E-state index is 0.114. The Morgan fingerprint density at radius 1 is 1.03 bits per heavy atom. The number of methoxy groups -OCH3 is 1. The summed E-state index contributed by atoms with van der Waals surface area (Å²) in [7, 11) is 1.28. The van der Waals surface area contributed by atoms with Gasteiger partial charge in [0.2, 0.25) is 0 Å². The number of benzene rings is 2. The molecule has 176 valence electrons. The standard InChI is InChI=1S/C25H29ClN2O5/c1-18-13-20(26)14-21(25(31)32-2)24(18)27-22(29)15-28(11-7-4-8-12-28)16-23(30)33-17-19-9-5-3-6-10-19/h3,5-6,9-10,13-14H,4,7-8,11-12,15-17H2,1-2H3/p+1. The van der Waals surface area contributed by atoms with E-state index in [9.17, 15) is 14.4 Å². The minimum Gasteiger partial charge on any atom is -0.465 e. The molecule has 0 aliphatic carbocycles. The third kappa shape index (κ3) is 6.79. The number of likely N-dealkylation sites (tertiary alicyclic amines) is 1. The van der Waals surface area contributed by atoms with E-state index >= 15 is 0 Å². The monoisotopic (exact) mass is 473 g/mol. The lowest BCUT2D eigenvalue weighted by Crippen LogP contribution is -2.57. The Morgan fingerprint density at radius 3 is 2.39 bits per heavy atom. The van der Waals surface area contributed by atoms with Crippen molar-refractivity contribution in [1.29, 1.82) is 0 Å². The molecule has 1 N–H and O–H groups in total. The van der Waals surface area contributed by atoms with Gasteiger partial charge in [-0.2, -0.15) is 0 Å². The fourth-order valence-electron chi connectivity index (χ4n) is 4.28. The molecule has 0 atom stereocenters. The molecule has 33 heavy (non-hydrogen) atoms. The highest BCUT2D eigenvalue weighted by atomic mass is 35.5. The predicted octanol–water partition coefficient (Wildman–Crippen LogP) is 4.12. The molecule has 3 rings (SSSR count). The van der Waals surface area contributed by atoms with Gasteiger partial charge in [-0.25, -0.2) is 9.59 Å². The first kappa shape index (κ1) is 24.7. The number of piperidine rings is 1. The molecule has 0 unspecified atom stereocenters. The van der Waals surface area contributed by atoms with E-state index in [2.05, 4.69) is 5.32 Å². The lowest BCUT2D eigenvalue weighted by Gasteiger charge is -2.40. The second kappa shape index (κ2) is 11.3. The summed E-state index contributed by atoms with van der Waals surface area (Å²) in [5, 5.41) is 3.24. The van der Waals surface area contributed by atoms with Gasteiger partial charge in [-0.05, 0) is 49.4 Å². The predicted molar refractivity (Wildman–Crippen MR) is 126 cm³/mol. The van der Waals surface area contributed by atoms with Gasteiger partial charge in [0.1, 0.15) is 6.61 Å². The van der Waals surface area contributed by atoms with Crippen LogP contribution in [0.2, 0.25) is 5.02 Å². The van der Waals surface area contributed by atoms with Crippen LogP contribution >= 0.6 is 11.6 Å². The number of aryl methyl sites for hydroxylation is 1. The summed E-state index contributed by atoms with van der Waals surface area (Å²) < 4.78 is 10.7. The Hall–Kier alpha value is -2.90. The Labute approximate surface area is 199 Å². The molecule has 0 saturated carbocycles. The smallest absolute Gasteiger partial charge is 0.362 e. The largest absolute Gasteiger partial charge is 0.465 e. The molecule has 1 amide bonds. The van der Waals surface area contributed by atoms with Crippen molar-refractivity contribution in [2.45, 2.75) is 32.8 Å². The van der Waals surface area contributed by atoms with Crippen molar-refractivity contribution in [2.75, 3.05) is 38.6 Å². The molecule has 0 aromatic heterocycles. The first-order chi connectivity index (χ1) is 15.8. The van der Waals surface area contributed by atoms with Crippen LogP contribution in [0.5, 0.6) is 0 Å². The van der Waals surface area contributed by atoms with Crippen LogP contribution in [0, 0.1) is 6.92 Å². The Morgan fingerprint density at radius 2 is 1.73 bits per heavy atom. The SMILES string of the molecule is COC(=O)c1cc(Cl)cc(C)c1NC(=O)C[N+]1(CC(=O)OCc2ccccc2)CCCCC1. The van der Waals surface area contributed by atoms with Crippen molar-refractivity contribution >= 4 is 35.1 Å². The highest BCUT2D eigenvalue weighted by Gasteiger charge is 2.36. The van der Waals surface area contributed by atoms with Crippen LogP contribution in [-0.2, 0) is 25.7 Å². The summed E-state index contributed by atoms with van der Waals surface area (Å²) in [5.41, 5.74) is 2.15. The Bertz CT molecular complexity index is 1000. The lowest BCUT2D eigenvalue weighted by atomic mass is 10.1. The molecule has 0 spiro atoms. The molecule has 1 aliphatic rings. The molecule has 1 heterocycles. The van der Waals surface area contributed by atoms with Crippen LogP contribution in [0.25, 0.3) is 0 Å². The van der Waals surface area contributed by atoms with Crippen molar-refractivity contribution in [2.24, 2.45) is 0 Å². The summed E-state index contributed by atoms with van der Waals surface area (Å²) in [5.74, 6) is -1.18. The van der Waals surface area contributed by atoms with Crippen LogP contribution in [0.4, 0.5) is 5.69 Å². The Kier molecular flexibility index (Phi) is 8.47. The normalized spacial score (nSPS) is 14.9. The van der Waals surface area contributed by atoms with Crippen molar-refractivity contribution < 1.29 is 28.3 Å². The number of carbonyl (C=O) groups excluding carboxylic acids is 3. The van der Waals surface area contributed by atoms with E-state index in [1.807, 2.05) is 30.3 Å². The summed E-state index contributed by atoms with van der Waals surface area (Å²) in [6.07, 6.45) is 2.95. The molecular weight excluding hydrogens is 444 g/mol. The summed E-state index contributed by atoms with van der Waals surface area (Å²) in [4.78, 5) is 38.0. The van der Waals surface area contributed by atoms with Crippen LogP contribution in [0.3, 0.4) is 0 Å². The highest BCUT2D eigenvalue weighted by molar-refractivity contribution is 6.31. The van der Waals surface area contributed by atoms with Crippen LogP contribution in [0.1, 0.15) is 40.7 Å².